The molecule has 5 heteroatoms. The van der Waals surface area contributed by atoms with Crippen molar-refractivity contribution in [3.8, 4) is 0 Å². The van der Waals surface area contributed by atoms with E-state index in [-0.39, 0.29) is 13.5 Å². The molecule has 70 valence electrons. The molecule has 2 N–H and O–H groups in total. The molecule has 0 atom stereocenters. The lowest BCUT2D eigenvalue weighted by Gasteiger charge is -2.04. The zero-order valence-electron chi connectivity index (χ0n) is 6.90. The van der Waals surface area contributed by atoms with E-state index in [2.05, 4.69) is 10.1 Å². The standard InChI is InChI=1S/C6H12N4S.CH4/c1-4(2)10-5(7)8-6(9-10)11-3;/h4H,1-3H3,(H2,7,8,9);1H4. The monoisotopic (exact) mass is 188 g/mol. The van der Waals surface area contributed by atoms with Crippen LogP contribution in [0.5, 0.6) is 0 Å². The molecule has 0 radical (unpaired) electrons. The Bertz CT molecular complexity index is 244. The maximum absolute atomic E-state index is 5.59. The number of aromatic nitrogens is 3. The van der Waals surface area contributed by atoms with Crippen LogP contribution in [-0.2, 0) is 0 Å². The average molecular weight is 188 g/mol. The van der Waals surface area contributed by atoms with Crippen LogP contribution in [0.4, 0.5) is 5.95 Å². The summed E-state index contributed by atoms with van der Waals surface area (Å²) in [4.78, 5) is 4.04. The number of hydrogen-bond acceptors (Lipinski definition) is 4. The number of thioether (sulfide) groups is 1. The van der Waals surface area contributed by atoms with Crippen molar-refractivity contribution in [2.75, 3.05) is 12.0 Å². The van der Waals surface area contributed by atoms with Crippen LogP contribution in [0.1, 0.15) is 27.3 Å². The van der Waals surface area contributed by atoms with Gasteiger partial charge in [-0.05, 0) is 20.1 Å². The van der Waals surface area contributed by atoms with E-state index in [0.29, 0.717) is 5.95 Å². The van der Waals surface area contributed by atoms with Crippen molar-refractivity contribution < 1.29 is 0 Å². The average Bonchev–Trinajstić information content (AvgIpc) is 2.30. The van der Waals surface area contributed by atoms with Gasteiger partial charge in [-0.3, -0.25) is 0 Å². The first-order valence-corrected chi connectivity index (χ1v) is 4.63. The smallest absolute Gasteiger partial charge is 0.219 e. The van der Waals surface area contributed by atoms with E-state index in [1.54, 1.807) is 4.68 Å². The number of nitrogens with zero attached hydrogens (tertiary/aromatic N) is 3. The maximum Gasteiger partial charge on any atom is 0.219 e. The van der Waals surface area contributed by atoms with Gasteiger partial charge in [-0.25, -0.2) is 4.68 Å². The molecule has 0 bridgehead atoms. The lowest BCUT2D eigenvalue weighted by molar-refractivity contribution is 0.530. The summed E-state index contributed by atoms with van der Waals surface area (Å²) in [5.74, 6) is 0.490. The molecule has 0 saturated heterocycles. The van der Waals surface area contributed by atoms with Crippen molar-refractivity contribution in [2.24, 2.45) is 0 Å². The lowest BCUT2D eigenvalue weighted by Crippen LogP contribution is -2.07. The normalized spacial score (nSPS) is 10.0. The fourth-order valence-electron chi connectivity index (χ4n) is 0.781. The molecule has 0 unspecified atom stereocenters. The molecule has 1 aromatic rings. The Morgan fingerprint density at radius 3 is 2.33 bits per heavy atom. The van der Waals surface area contributed by atoms with E-state index in [9.17, 15) is 0 Å². The molecule has 0 amide bonds. The first-order valence-electron chi connectivity index (χ1n) is 3.41. The Kier molecular flexibility index (Phi) is 4.09. The molecule has 0 aromatic carbocycles. The molecule has 1 heterocycles. The predicted molar refractivity (Wildman–Crippen MR) is 53.3 cm³/mol. The van der Waals surface area contributed by atoms with Crippen LogP contribution in [0, 0.1) is 0 Å². The summed E-state index contributed by atoms with van der Waals surface area (Å²) in [6.45, 7) is 4.05. The SMILES string of the molecule is C.CSc1nc(N)n(C(C)C)n1. The number of nitrogen functional groups attached to an aromatic ring is 1. The van der Waals surface area contributed by atoms with E-state index < -0.39 is 0 Å². The van der Waals surface area contributed by atoms with Gasteiger partial charge in [-0.2, -0.15) is 4.98 Å². The van der Waals surface area contributed by atoms with Gasteiger partial charge in [0, 0.05) is 0 Å². The zero-order chi connectivity index (χ0) is 8.43. The predicted octanol–water partition coefficient (Wildman–Crippen LogP) is 1.80. The summed E-state index contributed by atoms with van der Waals surface area (Å²) in [6.07, 6.45) is 1.93. The summed E-state index contributed by atoms with van der Waals surface area (Å²) >= 11 is 1.50. The minimum absolute atomic E-state index is 0. The van der Waals surface area contributed by atoms with Gasteiger partial charge in [0.2, 0.25) is 11.1 Å². The van der Waals surface area contributed by atoms with E-state index >= 15 is 0 Å². The van der Waals surface area contributed by atoms with Crippen LogP contribution < -0.4 is 5.73 Å². The molecule has 12 heavy (non-hydrogen) atoms. The third kappa shape index (κ3) is 2.14. The van der Waals surface area contributed by atoms with Crippen molar-refractivity contribution in [1.82, 2.24) is 14.8 Å². The molecule has 0 aliphatic heterocycles. The summed E-state index contributed by atoms with van der Waals surface area (Å²) in [5.41, 5.74) is 5.59. The minimum atomic E-state index is 0. The number of rotatable bonds is 2. The largest absolute Gasteiger partial charge is 0.368 e. The quantitative estimate of drug-likeness (QED) is 0.719. The first kappa shape index (κ1) is 11.3. The molecule has 0 saturated carbocycles. The van der Waals surface area contributed by atoms with Crippen LogP contribution in [0.3, 0.4) is 0 Å². The van der Waals surface area contributed by atoms with Gasteiger partial charge in [0.25, 0.3) is 0 Å². The van der Waals surface area contributed by atoms with Gasteiger partial charge in [-0.15, -0.1) is 5.10 Å². The van der Waals surface area contributed by atoms with Crippen molar-refractivity contribution in [1.29, 1.82) is 0 Å². The first-order chi connectivity index (χ1) is 5.15. The van der Waals surface area contributed by atoms with Gasteiger partial charge in [0.05, 0.1) is 6.04 Å². The minimum Gasteiger partial charge on any atom is -0.368 e. The van der Waals surface area contributed by atoms with Crippen molar-refractivity contribution in [3.63, 3.8) is 0 Å². The molecule has 1 aromatic heterocycles. The summed E-state index contributed by atoms with van der Waals surface area (Å²) in [6, 6.07) is 0.281. The lowest BCUT2D eigenvalue weighted by atomic mass is 10.4. The molecule has 0 spiro atoms. The highest BCUT2D eigenvalue weighted by Crippen LogP contribution is 2.14. The molecule has 0 fully saturated rings. The highest BCUT2D eigenvalue weighted by molar-refractivity contribution is 7.98. The number of hydrogen-bond donors (Lipinski definition) is 1. The Labute approximate surface area is 77.6 Å². The van der Waals surface area contributed by atoms with Gasteiger partial charge < -0.3 is 5.73 Å². The van der Waals surface area contributed by atoms with Gasteiger partial charge >= 0.3 is 0 Å². The Balaban J connectivity index is 0.00000121. The van der Waals surface area contributed by atoms with E-state index in [1.165, 1.54) is 11.8 Å². The molecule has 4 nitrogen and oxygen atoms in total. The highest BCUT2D eigenvalue weighted by atomic mass is 32.2. The molecule has 0 aliphatic rings. The highest BCUT2D eigenvalue weighted by Gasteiger charge is 2.07. The summed E-state index contributed by atoms with van der Waals surface area (Å²) in [7, 11) is 0. The number of nitrogens with two attached hydrogens (primary N) is 1. The second kappa shape index (κ2) is 4.35. The Morgan fingerprint density at radius 2 is 2.08 bits per heavy atom. The van der Waals surface area contributed by atoms with Gasteiger partial charge in [0.15, 0.2) is 0 Å². The van der Waals surface area contributed by atoms with Crippen molar-refractivity contribution >= 4 is 17.7 Å². The third-order valence-corrected chi connectivity index (χ3v) is 1.85. The van der Waals surface area contributed by atoms with Crippen LogP contribution in [-0.4, -0.2) is 21.0 Å². The van der Waals surface area contributed by atoms with E-state index in [4.69, 9.17) is 5.73 Å². The van der Waals surface area contributed by atoms with E-state index in [1.807, 2.05) is 20.1 Å². The fourth-order valence-corrected chi connectivity index (χ4v) is 1.14. The molecule has 1 rings (SSSR count). The van der Waals surface area contributed by atoms with Crippen LogP contribution in [0.2, 0.25) is 0 Å². The number of anilines is 1. The second-order valence-electron chi connectivity index (χ2n) is 2.50. The van der Waals surface area contributed by atoms with Crippen molar-refractivity contribution in [2.45, 2.75) is 32.5 Å². The van der Waals surface area contributed by atoms with Crippen LogP contribution >= 0.6 is 11.8 Å². The van der Waals surface area contributed by atoms with Gasteiger partial charge in [0.1, 0.15) is 0 Å². The van der Waals surface area contributed by atoms with Crippen molar-refractivity contribution in [3.05, 3.63) is 0 Å². The Morgan fingerprint density at radius 1 is 1.50 bits per heavy atom. The fraction of sp³-hybridized carbons (Fsp3) is 0.714. The molecular weight excluding hydrogens is 172 g/mol. The van der Waals surface area contributed by atoms with Crippen LogP contribution in [0.25, 0.3) is 0 Å². The topological polar surface area (TPSA) is 56.7 Å². The zero-order valence-corrected chi connectivity index (χ0v) is 7.72. The van der Waals surface area contributed by atoms with E-state index in [0.717, 1.165) is 5.16 Å². The Hall–Kier alpha value is -0.710. The second-order valence-corrected chi connectivity index (χ2v) is 3.27. The van der Waals surface area contributed by atoms with Crippen LogP contribution in [0.15, 0.2) is 5.16 Å². The third-order valence-electron chi connectivity index (χ3n) is 1.31. The molecule has 0 aliphatic carbocycles. The maximum atomic E-state index is 5.59. The molecular formula is C7H16N4S. The summed E-state index contributed by atoms with van der Waals surface area (Å²) in [5, 5.41) is 4.90. The van der Waals surface area contributed by atoms with Gasteiger partial charge in [-0.1, -0.05) is 19.2 Å². The summed E-state index contributed by atoms with van der Waals surface area (Å²) < 4.78 is 1.71.